The Labute approximate surface area is 663 Å². The predicted octanol–water partition coefficient (Wildman–Crippen LogP) is 14.9. The molecule has 0 radical (unpaired) electrons. The lowest BCUT2D eigenvalue weighted by atomic mass is 9.75. The van der Waals surface area contributed by atoms with Crippen LogP contribution in [0.25, 0.3) is 5.57 Å². The minimum atomic E-state index is -1.02. The van der Waals surface area contributed by atoms with E-state index >= 15 is 0 Å². The molecule has 0 spiro atoms. The predicted molar refractivity (Wildman–Crippen MR) is 420 cm³/mol. The Morgan fingerprint density at radius 3 is 1.21 bits per heavy atom. The Kier molecular flexibility index (Phi) is 34.5. The summed E-state index contributed by atoms with van der Waals surface area (Å²) in [7, 11) is 3.70. The van der Waals surface area contributed by atoms with Gasteiger partial charge in [-0.3, -0.25) is 4.98 Å². The number of amides is 4. The van der Waals surface area contributed by atoms with Gasteiger partial charge in [0.15, 0.2) is 22.8 Å². The summed E-state index contributed by atoms with van der Waals surface area (Å²) in [6.07, 6.45) is 15.3. The summed E-state index contributed by atoms with van der Waals surface area (Å²) >= 11 is 6.23. The minimum absolute atomic E-state index is 0.0392. The number of hydrogen-bond acceptors (Lipinski definition) is 23. The zero-order valence-electron chi connectivity index (χ0n) is 66.8. The summed E-state index contributed by atoms with van der Waals surface area (Å²) < 4.78 is 48.9. The molecule has 5 aliphatic rings. The number of carboxylic acid groups (broad SMARTS) is 1. The molecule has 5 aliphatic heterocycles. The highest BCUT2D eigenvalue weighted by atomic mass is 79.9. The van der Waals surface area contributed by atoms with Crippen LogP contribution in [-0.2, 0) is 49.1 Å². The summed E-state index contributed by atoms with van der Waals surface area (Å²) in [6.45, 7) is 35.2. The Morgan fingerprint density at radius 1 is 0.473 bits per heavy atom. The van der Waals surface area contributed by atoms with Crippen LogP contribution >= 0.6 is 31.9 Å². The standard InChI is InChI=1S/C17H24N2O4.C17H22N2O4.C16H28BNO4.C16H24N2O3.C7H6BrNO2.C6H4BrNO2/c2*1-17(2,3)23-16(21)19-10-7-12(8-11-19)13-6-5-9-18-14(13)15(20)22-4;1-14(2,3)20-13(19)18-10-8-12(9-11-18)17-21-15(4,5)16(6,7)22-17;1-16(2,3)21-15(20)18-9-6-12(7-10-18)13-5-4-8-17-14(13)11-19;1-11-7(10)6-5(8)3-2-4-9-6;7-4-2-1-3-8-5(4)6(9)10/h5-6,9,12H,7-8,10-11H2,1-4H3;5-7,9H,8,10-11H2,1-4H3;8H,9-11H2,1-7H3;4-5,8,12,19H,6-7,9-11H2,1-3H3;2-4H,1H3;1-3H,(H,9,10). The molecule has 3 fully saturated rings. The van der Waals surface area contributed by atoms with Crippen LogP contribution in [0.2, 0.25) is 0 Å². The first-order chi connectivity index (χ1) is 51.4. The van der Waals surface area contributed by atoms with E-state index in [1.54, 1.807) is 68.5 Å². The second-order valence-corrected chi connectivity index (χ2v) is 32.6. The number of methoxy groups -OCH3 is 3. The molecule has 0 saturated carbocycles. The Bertz CT molecular complexity index is 3990. The van der Waals surface area contributed by atoms with E-state index < -0.39 is 46.3 Å². The summed E-state index contributed by atoms with van der Waals surface area (Å²) in [5.74, 6) is -1.80. The van der Waals surface area contributed by atoms with Gasteiger partial charge in [0.2, 0.25) is 0 Å². The van der Waals surface area contributed by atoms with Gasteiger partial charge >= 0.3 is 55.4 Å². The molecule has 0 unspecified atom stereocenters. The third-order valence-electron chi connectivity index (χ3n) is 17.4. The van der Waals surface area contributed by atoms with E-state index in [1.807, 2.05) is 153 Å². The highest BCUT2D eigenvalue weighted by Gasteiger charge is 2.52. The zero-order chi connectivity index (χ0) is 82.1. The number of aliphatic hydroxyl groups excluding tert-OH is 1. The maximum Gasteiger partial charge on any atom is 0.490 e. The van der Waals surface area contributed by atoms with Crippen LogP contribution in [-0.4, -0.2) is 217 Å². The largest absolute Gasteiger partial charge is 0.490 e. The highest BCUT2D eigenvalue weighted by molar-refractivity contribution is 9.10. The van der Waals surface area contributed by atoms with Gasteiger partial charge in [-0.1, -0.05) is 30.4 Å². The van der Waals surface area contributed by atoms with Crippen LogP contribution in [0.4, 0.5) is 19.2 Å². The molecule has 10 heterocycles. The maximum absolute atomic E-state index is 12.1. The van der Waals surface area contributed by atoms with Crippen molar-refractivity contribution in [3.63, 3.8) is 0 Å². The van der Waals surface area contributed by atoms with Crippen LogP contribution < -0.4 is 0 Å². The van der Waals surface area contributed by atoms with Gasteiger partial charge < -0.3 is 72.3 Å². The van der Waals surface area contributed by atoms with Crippen LogP contribution in [0.5, 0.6) is 0 Å². The van der Waals surface area contributed by atoms with Crippen LogP contribution in [0.15, 0.2) is 118 Å². The number of piperidine rings is 2. The summed E-state index contributed by atoms with van der Waals surface area (Å²) in [6, 6.07) is 18.0. The first kappa shape index (κ1) is 91.7. The minimum Gasteiger partial charge on any atom is -0.476 e. The fourth-order valence-electron chi connectivity index (χ4n) is 11.3. The van der Waals surface area contributed by atoms with Crippen molar-refractivity contribution in [2.24, 2.45) is 0 Å². The third kappa shape index (κ3) is 29.1. The fourth-order valence-corrected chi connectivity index (χ4v) is 12.1. The van der Waals surface area contributed by atoms with Crippen molar-refractivity contribution in [1.29, 1.82) is 0 Å². The number of rotatable bonds is 9. The lowest BCUT2D eigenvalue weighted by molar-refractivity contribution is 0.00578. The monoisotopic (exact) mass is 1660 g/mol. The highest BCUT2D eigenvalue weighted by Crippen LogP contribution is 2.40. The van der Waals surface area contributed by atoms with E-state index in [4.69, 9.17) is 42.8 Å². The van der Waals surface area contributed by atoms with Crippen molar-refractivity contribution in [3.8, 4) is 0 Å². The number of aromatic carboxylic acids is 1. The number of pyridine rings is 5. The van der Waals surface area contributed by atoms with Crippen molar-refractivity contribution in [1.82, 2.24) is 44.5 Å². The van der Waals surface area contributed by atoms with Crippen LogP contribution in [0.1, 0.15) is 225 Å². The molecule has 600 valence electrons. The topological polar surface area (TPSA) is 338 Å². The number of hydrogen-bond donors (Lipinski definition) is 2. The van der Waals surface area contributed by atoms with E-state index in [1.165, 1.54) is 33.7 Å². The number of nitrogens with zero attached hydrogens (tertiary/aromatic N) is 9. The number of halogens is 2. The number of aromatic nitrogens is 5. The van der Waals surface area contributed by atoms with Gasteiger partial charge in [0.05, 0.1) is 53.8 Å². The van der Waals surface area contributed by atoms with Crippen molar-refractivity contribution < 1.29 is 91.0 Å². The molecule has 31 heteroatoms. The average molecular weight is 1660 g/mol. The molecule has 0 aliphatic carbocycles. The molecule has 4 amide bonds. The number of esters is 3. The fraction of sp³-hybridized carbons (Fsp3) is 0.532. The van der Waals surface area contributed by atoms with E-state index in [9.17, 15) is 43.5 Å². The normalized spacial score (nSPS) is 16.3. The Hall–Kier alpha value is -8.91. The number of likely N-dealkylation sites (tertiary alicyclic amines) is 2. The Balaban J connectivity index is 0.000000242. The molecule has 110 heavy (non-hydrogen) atoms. The first-order valence-electron chi connectivity index (χ1n) is 36.2. The van der Waals surface area contributed by atoms with E-state index in [0.717, 1.165) is 65.5 Å². The molecule has 5 aromatic rings. The molecule has 0 atom stereocenters. The quantitative estimate of drug-likeness (QED) is 0.0786. The van der Waals surface area contributed by atoms with Crippen molar-refractivity contribution in [3.05, 3.63) is 163 Å². The van der Waals surface area contributed by atoms with Gasteiger partial charge in [-0.05, 0) is 258 Å². The molecule has 0 aromatic carbocycles. The smallest absolute Gasteiger partial charge is 0.476 e. The summed E-state index contributed by atoms with van der Waals surface area (Å²) in [5.41, 5.74) is 4.00. The molecule has 3 saturated heterocycles. The number of carbonyl (C=O) groups is 8. The summed E-state index contributed by atoms with van der Waals surface area (Å²) in [4.78, 5) is 120. The lowest BCUT2D eigenvalue weighted by Gasteiger charge is -2.34. The number of aliphatic hydroxyl groups is 1. The molecular weight excluding hydrogens is 1550 g/mol. The van der Waals surface area contributed by atoms with Gasteiger partial charge in [0.25, 0.3) is 0 Å². The second-order valence-electron chi connectivity index (χ2n) is 30.9. The molecule has 10 rings (SSSR count). The number of ether oxygens (including phenoxy) is 7. The van der Waals surface area contributed by atoms with Gasteiger partial charge in [-0.15, -0.1) is 0 Å². The maximum atomic E-state index is 12.1. The molecule has 28 nitrogen and oxygen atoms in total. The molecule has 2 N–H and O–H groups in total. The zero-order valence-corrected chi connectivity index (χ0v) is 69.9. The van der Waals surface area contributed by atoms with E-state index in [-0.39, 0.29) is 60.9 Å². The SMILES string of the molecule is CC(C)(C)OC(=O)N1CC=C(B2OC(C)(C)C(C)(C)O2)CC1.CC(C)(C)OC(=O)N1CCC(c2cccnc2CO)CC1.COC(=O)c1ncccc1Br.COC(=O)c1ncccc1C1=CCN(C(=O)OC(C)(C)C)CC1.COC(=O)c1ncccc1C1CCN(C(=O)OC(C)(C)C)CC1.O=C(O)c1ncccc1Br. The van der Waals surface area contributed by atoms with Crippen molar-refractivity contribution in [2.75, 3.05) is 73.7 Å². The molecule has 5 aromatic heterocycles. The second kappa shape index (κ2) is 41.4. The third-order valence-corrected chi connectivity index (χ3v) is 18.7. The first-order valence-corrected chi connectivity index (χ1v) is 37.8. The summed E-state index contributed by atoms with van der Waals surface area (Å²) in [5, 5.41) is 17.8. The van der Waals surface area contributed by atoms with Gasteiger partial charge in [-0.25, -0.2) is 58.3 Å². The van der Waals surface area contributed by atoms with Gasteiger partial charge in [0, 0.05) is 88.9 Å². The van der Waals surface area contributed by atoms with E-state index in [2.05, 4.69) is 61.5 Å². The van der Waals surface area contributed by atoms with Crippen LogP contribution in [0.3, 0.4) is 0 Å². The molecule has 0 bridgehead atoms. The van der Waals surface area contributed by atoms with E-state index in [0.29, 0.717) is 90.7 Å². The molecular formula is C79H108BBr2N9O19. The van der Waals surface area contributed by atoms with Crippen LogP contribution in [0, 0.1) is 0 Å². The van der Waals surface area contributed by atoms with Gasteiger partial charge in [-0.2, -0.15) is 0 Å². The van der Waals surface area contributed by atoms with Crippen molar-refractivity contribution >= 4 is 92.8 Å². The lowest BCUT2D eigenvalue weighted by Crippen LogP contribution is -2.41. The van der Waals surface area contributed by atoms with Crippen molar-refractivity contribution in [2.45, 2.75) is 201 Å². The average Bonchev–Trinajstić information content (AvgIpc) is 1.62. The van der Waals surface area contributed by atoms with Gasteiger partial charge in [0.1, 0.15) is 22.4 Å². The Morgan fingerprint density at radius 2 is 0.827 bits per heavy atom. The number of carbonyl (C=O) groups excluding carboxylic acids is 7. The number of carboxylic acids is 1.